The van der Waals surface area contributed by atoms with Gasteiger partial charge in [0.2, 0.25) is 5.95 Å². The van der Waals surface area contributed by atoms with Crippen molar-refractivity contribution in [3.8, 4) is 11.5 Å². The van der Waals surface area contributed by atoms with Crippen molar-refractivity contribution in [1.29, 1.82) is 0 Å². The number of aryl methyl sites for hydroxylation is 1. The summed E-state index contributed by atoms with van der Waals surface area (Å²) in [4.78, 5) is 26.5. The fraction of sp³-hybridized carbons (Fsp3) is 0.107. The molecule has 0 bridgehead atoms. The van der Waals surface area contributed by atoms with Gasteiger partial charge in [0.25, 0.3) is 5.91 Å². The minimum atomic E-state index is -4.37. The third-order valence-electron chi connectivity index (χ3n) is 5.62. The van der Waals surface area contributed by atoms with Crippen molar-refractivity contribution in [3.05, 3.63) is 102 Å². The van der Waals surface area contributed by atoms with E-state index in [0.717, 1.165) is 11.1 Å². The SMILES string of the molecule is Cn1c(Nc2cccc(SC(F)(F)F)c2)nc2cc(Oc3ccnc(C(=O)NOCc4ccccc4)c3)ccc21. The number of halogens is 3. The van der Waals surface area contributed by atoms with E-state index in [1.165, 1.54) is 24.4 Å². The molecule has 0 saturated carbocycles. The van der Waals surface area contributed by atoms with E-state index in [2.05, 4.69) is 20.8 Å². The van der Waals surface area contributed by atoms with Crippen LogP contribution in [0, 0.1) is 0 Å². The maximum Gasteiger partial charge on any atom is 0.446 e. The Labute approximate surface area is 231 Å². The largest absolute Gasteiger partial charge is 0.457 e. The van der Waals surface area contributed by atoms with E-state index < -0.39 is 11.4 Å². The van der Waals surface area contributed by atoms with E-state index in [0.29, 0.717) is 28.7 Å². The van der Waals surface area contributed by atoms with Crippen molar-refractivity contribution in [2.45, 2.75) is 17.0 Å². The van der Waals surface area contributed by atoms with Gasteiger partial charge in [0, 0.05) is 36.0 Å². The second-order valence-corrected chi connectivity index (χ2v) is 9.67. The van der Waals surface area contributed by atoms with Crippen LogP contribution < -0.4 is 15.5 Å². The van der Waals surface area contributed by atoms with Crippen molar-refractivity contribution >= 4 is 40.3 Å². The molecule has 12 heteroatoms. The quantitative estimate of drug-likeness (QED) is 0.147. The lowest BCUT2D eigenvalue weighted by Crippen LogP contribution is -2.24. The summed E-state index contributed by atoms with van der Waals surface area (Å²) in [6, 6.07) is 23.8. The van der Waals surface area contributed by atoms with Crippen LogP contribution in [0.5, 0.6) is 11.5 Å². The minimum absolute atomic E-state index is 0.0695. The van der Waals surface area contributed by atoms with Crippen molar-refractivity contribution in [3.63, 3.8) is 0 Å². The fourth-order valence-corrected chi connectivity index (χ4v) is 4.40. The topological polar surface area (TPSA) is 90.3 Å². The number of pyridine rings is 1. The van der Waals surface area contributed by atoms with E-state index in [1.54, 1.807) is 41.9 Å². The molecular weight excluding hydrogens is 543 g/mol. The van der Waals surface area contributed by atoms with Gasteiger partial charge in [-0.25, -0.2) is 10.5 Å². The van der Waals surface area contributed by atoms with Gasteiger partial charge >= 0.3 is 5.51 Å². The molecule has 5 aromatic rings. The number of thioether (sulfide) groups is 1. The highest BCUT2D eigenvalue weighted by Gasteiger charge is 2.29. The number of hydrogen-bond donors (Lipinski definition) is 2. The summed E-state index contributed by atoms with van der Waals surface area (Å²) in [5.74, 6) is 0.782. The third kappa shape index (κ3) is 6.90. The van der Waals surface area contributed by atoms with Crippen LogP contribution in [0.15, 0.2) is 96.0 Å². The number of benzene rings is 3. The van der Waals surface area contributed by atoms with Crippen LogP contribution in [-0.4, -0.2) is 26.0 Å². The summed E-state index contributed by atoms with van der Waals surface area (Å²) >= 11 is -0.177. The first-order valence-electron chi connectivity index (χ1n) is 11.9. The van der Waals surface area contributed by atoms with E-state index in [-0.39, 0.29) is 29.0 Å². The van der Waals surface area contributed by atoms with Crippen molar-refractivity contribution < 1.29 is 27.5 Å². The molecule has 2 N–H and O–H groups in total. The molecule has 0 aliphatic heterocycles. The monoisotopic (exact) mass is 565 g/mol. The molecule has 0 aliphatic carbocycles. The Bertz CT molecular complexity index is 1640. The normalized spacial score (nSPS) is 11.4. The van der Waals surface area contributed by atoms with Crippen molar-refractivity contribution in [1.82, 2.24) is 20.0 Å². The van der Waals surface area contributed by atoms with Gasteiger partial charge in [-0.15, -0.1) is 0 Å². The molecule has 0 radical (unpaired) electrons. The number of nitrogens with one attached hydrogen (secondary N) is 2. The minimum Gasteiger partial charge on any atom is -0.457 e. The predicted molar refractivity (Wildman–Crippen MR) is 145 cm³/mol. The standard InChI is InChI=1S/C28H22F3N5O3S/c1-36-25-11-10-20(15-23(25)34-27(36)33-19-8-5-9-22(14-19)40-28(29,30)31)39-21-12-13-32-24(16-21)26(37)35-38-17-18-6-3-2-4-7-18/h2-16H,17H2,1H3,(H,33,34)(H,35,37). The second-order valence-electron chi connectivity index (χ2n) is 8.53. The summed E-state index contributed by atoms with van der Waals surface area (Å²) in [5, 5.41) is 3.07. The van der Waals surface area contributed by atoms with Gasteiger partial charge in [-0.05, 0) is 53.7 Å². The molecule has 5 rings (SSSR count). The molecule has 40 heavy (non-hydrogen) atoms. The Kier molecular flexibility index (Phi) is 7.89. The number of imidazole rings is 1. The van der Waals surface area contributed by atoms with Crippen LogP contribution in [-0.2, 0) is 18.5 Å². The molecule has 3 aromatic carbocycles. The lowest BCUT2D eigenvalue weighted by Gasteiger charge is -2.09. The van der Waals surface area contributed by atoms with Crippen LogP contribution in [0.2, 0.25) is 0 Å². The molecule has 0 aliphatic rings. The van der Waals surface area contributed by atoms with E-state index in [1.807, 2.05) is 36.4 Å². The molecule has 0 saturated heterocycles. The number of aromatic nitrogens is 3. The Balaban J connectivity index is 1.26. The fourth-order valence-electron chi connectivity index (χ4n) is 3.80. The van der Waals surface area contributed by atoms with Gasteiger partial charge in [-0.2, -0.15) is 13.2 Å². The number of rotatable bonds is 9. The first-order chi connectivity index (χ1) is 19.2. The predicted octanol–water partition coefficient (Wildman–Crippen LogP) is 6.98. The zero-order valence-electron chi connectivity index (χ0n) is 21.0. The van der Waals surface area contributed by atoms with Crippen LogP contribution in [0.4, 0.5) is 24.8 Å². The molecule has 0 spiro atoms. The number of ether oxygens (including phenoxy) is 1. The molecular formula is C28H22F3N5O3S. The highest BCUT2D eigenvalue weighted by molar-refractivity contribution is 8.00. The van der Waals surface area contributed by atoms with Crippen LogP contribution >= 0.6 is 11.8 Å². The number of nitrogens with zero attached hydrogens (tertiary/aromatic N) is 3. The van der Waals surface area contributed by atoms with Crippen LogP contribution in [0.25, 0.3) is 11.0 Å². The zero-order valence-corrected chi connectivity index (χ0v) is 21.8. The highest BCUT2D eigenvalue weighted by atomic mass is 32.2. The van der Waals surface area contributed by atoms with E-state index in [9.17, 15) is 18.0 Å². The number of hydroxylamine groups is 1. The first kappa shape index (κ1) is 27.0. The molecule has 1 amide bonds. The number of carbonyl (C=O) groups is 1. The molecule has 8 nitrogen and oxygen atoms in total. The highest BCUT2D eigenvalue weighted by Crippen LogP contribution is 2.38. The lowest BCUT2D eigenvalue weighted by molar-refractivity contribution is -0.0328. The summed E-state index contributed by atoms with van der Waals surface area (Å²) in [5.41, 5.74) is 0.872. The Morgan fingerprint density at radius 1 is 0.975 bits per heavy atom. The first-order valence-corrected chi connectivity index (χ1v) is 12.7. The number of anilines is 2. The van der Waals surface area contributed by atoms with Gasteiger partial charge < -0.3 is 14.6 Å². The zero-order chi connectivity index (χ0) is 28.1. The number of fused-ring (bicyclic) bond motifs is 1. The Hall–Kier alpha value is -4.55. The van der Waals surface area contributed by atoms with Gasteiger partial charge in [0.15, 0.2) is 0 Å². The molecule has 2 heterocycles. The number of hydrogen-bond acceptors (Lipinski definition) is 7. The van der Waals surface area contributed by atoms with E-state index >= 15 is 0 Å². The van der Waals surface area contributed by atoms with Crippen LogP contribution in [0.3, 0.4) is 0 Å². The average Bonchev–Trinajstić information content (AvgIpc) is 3.22. The van der Waals surface area contributed by atoms with Crippen molar-refractivity contribution in [2.75, 3.05) is 5.32 Å². The summed E-state index contributed by atoms with van der Waals surface area (Å²) in [7, 11) is 1.79. The summed E-state index contributed by atoms with van der Waals surface area (Å²) in [6.07, 6.45) is 1.45. The maximum atomic E-state index is 12.8. The molecule has 0 fully saturated rings. The molecule has 2 aromatic heterocycles. The van der Waals surface area contributed by atoms with Gasteiger partial charge in [0.1, 0.15) is 17.2 Å². The summed E-state index contributed by atoms with van der Waals surface area (Å²) in [6.45, 7) is 0.210. The number of carbonyl (C=O) groups excluding carboxylic acids is 1. The molecule has 0 atom stereocenters. The Morgan fingerprint density at radius 3 is 2.58 bits per heavy atom. The third-order valence-corrected chi connectivity index (χ3v) is 6.34. The average molecular weight is 566 g/mol. The van der Waals surface area contributed by atoms with Crippen LogP contribution in [0.1, 0.15) is 16.1 Å². The molecule has 204 valence electrons. The second kappa shape index (κ2) is 11.7. The van der Waals surface area contributed by atoms with Gasteiger partial charge in [0.05, 0.1) is 17.6 Å². The van der Waals surface area contributed by atoms with E-state index in [4.69, 9.17) is 9.57 Å². The lowest BCUT2D eigenvalue weighted by atomic mass is 10.2. The van der Waals surface area contributed by atoms with Crippen molar-refractivity contribution in [2.24, 2.45) is 7.05 Å². The van der Waals surface area contributed by atoms with Gasteiger partial charge in [-0.1, -0.05) is 36.4 Å². The van der Waals surface area contributed by atoms with Gasteiger partial charge in [-0.3, -0.25) is 14.6 Å². The smallest absolute Gasteiger partial charge is 0.446 e. The summed E-state index contributed by atoms with van der Waals surface area (Å²) < 4.78 is 46.0. The number of alkyl halides is 3. The number of amides is 1. The maximum absolute atomic E-state index is 12.8. The molecule has 0 unspecified atom stereocenters. The Morgan fingerprint density at radius 2 is 1.77 bits per heavy atom.